The van der Waals surface area contributed by atoms with Gasteiger partial charge in [-0.05, 0) is 12.8 Å². The van der Waals surface area contributed by atoms with E-state index in [1.807, 2.05) is 0 Å². The van der Waals surface area contributed by atoms with E-state index >= 15 is 0 Å². The highest BCUT2D eigenvalue weighted by Gasteiger charge is 2.21. The van der Waals surface area contributed by atoms with Crippen LogP contribution in [-0.2, 0) is 6.42 Å². The Kier molecular flexibility index (Phi) is 1.77. The van der Waals surface area contributed by atoms with Gasteiger partial charge in [-0.15, -0.1) is 0 Å². The summed E-state index contributed by atoms with van der Waals surface area (Å²) in [6, 6.07) is 0.327. The number of aromatic amines is 2. The first-order valence-electron chi connectivity index (χ1n) is 4.35. The Morgan fingerprint density at radius 1 is 1.50 bits per heavy atom. The van der Waals surface area contributed by atoms with Crippen molar-refractivity contribution in [3.8, 4) is 0 Å². The van der Waals surface area contributed by atoms with Gasteiger partial charge in [-0.3, -0.25) is 9.89 Å². The van der Waals surface area contributed by atoms with Crippen LogP contribution in [0.5, 0.6) is 0 Å². The van der Waals surface area contributed by atoms with Crippen LogP contribution in [0.4, 0.5) is 0 Å². The van der Waals surface area contributed by atoms with Gasteiger partial charge < -0.3 is 10.4 Å². The third-order valence-electron chi connectivity index (χ3n) is 2.43. The van der Waals surface area contributed by atoms with E-state index in [2.05, 4.69) is 22.4 Å². The molecule has 0 saturated carbocycles. The minimum absolute atomic E-state index is 0.0463. The van der Waals surface area contributed by atoms with Gasteiger partial charge in [-0.25, -0.2) is 0 Å². The lowest BCUT2D eigenvalue weighted by molar-refractivity contribution is 0.481. The van der Waals surface area contributed by atoms with Gasteiger partial charge >= 0.3 is 0 Å². The number of aromatic nitrogens is 2. The van der Waals surface area contributed by atoms with Crippen LogP contribution in [0, 0.1) is 0 Å². The van der Waals surface area contributed by atoms with Crippen molar-refractivity contribution in [2.45, 2.75) is 25.8 Å². The molecular weight excluding hydrogens is 154 g/mol. The predicted octanol–water partition coefficient (Wildman–Crippen LogP) is 0.300. The van der Waals surface area contributed by atoms with Crippen molar-refractivity contribution in [1.29, 1.82) is 0 Å². The molecular formula is C8H13N3O. The van der Waals surface area contributed by atoms with E-state index in [9.17, 15) is 4.79 Å². The van der Waals surface area contributed by atoms with Crippen molar-refractivity contribution in [1.82, 2.24) is 15.5 Å². The molecule has 1 aliphatic rings. The number of nitrogens with one attached hydrogen (secondary N) is 3. The van der Waals surface area contributed by atoms with Crippen LogP contribution >= 0.6 is 0 Å². The third kappa shape index (κ3) is 0.992. The second kappa shape index (κ2) is 2.79. The molecule has 1 aromatic rings. The minimum atomic E-state index is 0.0463. The molecule has 1 unspecified atom stereocenters. The summed E-state index contributed by atoms with van der Waals surface area (Å²) >= 11 is 0. The maximum absolute atomic E-state index is 11.2. The predicted molar refractivity (Wildman–Crippen MR) is 46.2 cm³/mol. The summed E-state index contributed by atoms with van der Waals surface area (Å²) in [5.41, 5.74) is 2.03. The maximum atomic E-state index is 11.2. The largest absolute Gasteiger partial charge is 0.308 e. The lowest BCUT2D eigenvalue weighted by Gasteiger charge is -2.21. The maximum Gasteiger partial charge on any atom is 0.267 e. The van der Waals surface area contributed by atoms with E-state index in [0.717, 1.165) is 30.6 Å². The van der Waals surface area contributed by atoms with Gasteiger partial charge in [0.15, 0.2) is 0 Å². The van der Waals surface area contributed by atoms with Crippen molar-refractivity contribution in [2.75, 3.05) is 6.54 Å². The fourth-order valence-corrected chi connectivity index (χ4v) is 1.76. The molecule has 0 saturated heterocycles. The standard InChI is InChI=1S/C8H13N3O/c1-2-6-7-5(3-4-9-6)8(12)11-10-7/h6,9H,2-4H2,1H3,(H2,10,11,12). The molecule has 0 aliphatic carbocycles. The molecule has 0 fully saturated rings. The lowest BCUT2D eigenvalue weighted by atomic mass is 10.0. The molecule has 1 aliphatic heterocycles. The topological polar surface area (TPSA) is 60.7 Å². The lowest BCUT2D eigenvalue weighted by Crippen LogP contribution is -2.30. The molecule has 0 radical (unpaired) electrons. The normalized spacial score (nSPS) is 22.2. The summed E-state index contributed by atoms with van der Waals surface area (Å²) in [6.45, 7) is 3.02. The Morgan fingerprint density at radius 2 is 2.33 bits per heavy atom. The smallest absolute Gasteiger partial charge is 0.267 e. The van der Waals surface area contributed by atoms with Crippen LogP contribution in [0.15, 0.2) is 4.79 Å². The number of hydrogen-bond donors (Lipinski definition) is 3. The van der Waals surface area contributed by atoms with Gasteiger partial charge in [0.25, 0.3) is 5.56 Å². The van der Waals surface area contributed by atoms with Gasteiger partial charge in [0, 0.05) is 18.2 Å². The van der Waals surface area contributed by atoms with Crippen LogP contribution < -0.4 is 10.9 Å². The highest BCUT2D eigenvalue weighted by molar-refractivity contribution is 5.23. The zero-order chi connectivity index (χ0) is 8.55. The van der Waals surface area contributed by atoms with Crippen molar-refractivity contribution in [3.05, 3.63) is 21.6 Å². The third-order valence-corrected chi connectivity index (χ3v) is 2.43. The van der Waals surface area contributed by atoms with E-state index in [1.165, 1.54) is 0 Å². The van der Waals surface area contributed by atoms with E-state index in [0.29, 0.717) is 6.04 Å². The number of rotatable bonds is 1. The molecule has 4 nitrogen and oxygen atoms in total. The van der Waals surface area contributed by atoms with Crippen LogP contribution in [0.3, 0.4) is 0 Å². The number of fused-ring (bicyclic) bond motifs is 1. The molecule has 4 heteroatoms. The SMILES string of the molecule is CCC1NCCc2c1[nH][nH]c2=O. The first-order chi connectivity index (χ1) is 5.83. The van der Waals surface area contributed by atoms with E-state index in [-0.39, 0.29) is 5.56 Å². The summed E-state index contributed by atoms with van der Waals surface area (Å²) < 4.78 is 0. The second-order valence-corrected chi connectivity index (χ2v) is 3.14. The van der Waals surface area contributed by atoms with Crippen LogP contribution in [-0.4, -0.2) is 16.7 Å². The highest BCUT2D eigenvalue weighted by atomic mass is 16.1. The fraction of sp³-hybridized carbons (Fsp3) is 0.625. The number of hydrogen-bond acceptors (Lipinski definition) is 2. The zero-order valence-corrected chi connectivity index (χ0v) is 7.11. The van der Waals surface area contributed by atoms with Crippen LogP contribution in [0.1, 0.15) is 30.6 Å². The minimum Gasteiger partial charge on any atom is -0.308 e. The van der Waals surface area contributed by atoms with E-state index < -0.39 is 0 Å². The molecule has 0 spiro atoms. The molecule has 3 N–H and O–H groups in total. The molecule has 1 atom stereocenters. The van der Waals surface area contributed by atoms with E-state index in [4.69, 9.17) is 0 Å². The monoisotopic (exact) mass is 167 g/mol. The Balaban J connectivity index is 2.45. The quantitative estimate of drug-likeness (QED) is 0.563. The average Bonchev–Trinajstić information content (AvgIpc) is 2.48. The van der Waals surface area contributed by atoms with Crippen LogP contribution in [0.2, 0.25) is 0 Å². The Morgan fingerprint density at radius 3 is 3.08 bits per heavy atom. The highest BCUT2D eigenvalue weighted by Crippen LogP contribution is 2.19. The summed E-state index contributed by atoms with van der Waals surface area (Å²) in [5, 5.41) is 8.90. The molecule has 2 heterocycles. The molecule has 12 heavy (non-hydrogen) atoms. The Labute approximate surface area is 70.4 Å². The summed E-state index contributed by atoms with van der Waals surface area (Å²) in [6.07, 6.45) is 1.85. The van der Waals surface area contributed by atoms with Gasteiger partial charge in [0.1, 0.15) is 0 Å². The molecule has 0 bridgehead atoms. The molecule has 1 aromatic heterocycles. The van der Waals surface area contributed by atoms with Crippen molar-refractivity contribution in [2.24, 2.45) is 0 Å². The molecule has 0 amide bonds. The molecule has 66 valence electrons. The fourth-order valence-electron chi connectivity index (χ4n) is 1.76. The number of H-pyrrole nitrogens is 2. The summed E-state index contributed by atoms with van der Waals surface area (Å²) in [7, 11) is 0. The van der Waals surface area contributed by atoms with Crippen LogP contribution in [0.25, 0.3) is 0 Å². The summed E-state index contributed by atoms with van der Waals surface area (Å²) in [5.74, 6) is 0. The zero-order valence-electron chi connectivity index (χ0n) is 7.11. The summed E-state index contributed by atoms with van der Waals surface area (Å²) in [4.78, 5) is 11.2. The van der Waals surface area contributed by atoms with Gasteiger partial charge in [0.2, 0.25) is 0 Å². The van der Waals surface area contributed by atoms with Crippen molar-refractivity contribution >= 4 is 0 Å². The van der Waals surface area contributed by atoms with Crippen molar-refractivity contribution in [3.63, 3.8) is 0 Å². The average molecular weight is 167 g/mol. The van der Waals surface area contributed by atoms with Gasteiger partial charge in [-0.2, -0.15) is 0 Å². The first-order valence-corrected chi connectivity index (χ1v) is 4.35. The van der Waals surface area contributed by atoms with Gasteiger partial charge in [-0.1, -0.05) is 6.92 Å². The molecule has 2 rings (SSSR count). The Hall–Kier alpha value is -1.03. The Bertz CT molecular complexity index is 325. The van der Waals surface area contributed by atoms with E-state index in [1.54, 1.807) is 0 Å². The van der Waals surface area contributed by atoms with Gasteiger partial charge in [0.05, 0.1) is 5.69 Å². The molecule has 0 aromatic carbocycles. The van der Waals surface area contributed by atoms with Crippen molar-refractivity contribution < 1.29 is 0 Å². The first kappa shape index (κ1) is 7.61. The second-order valence-electron chi connectivity index (χ2n) is 3.14.